The minimum atomic E-state index is -0.395. The van der Waals surface area contributed by atoms with E-state index in [1.807, 2.05) is 0 Å². The summed E-state index contributed by atoms with van der Waals surface area (Å²) in [5, 5.41) is 10.9. The molecule has 0 aliphatic heterocycles. The van der Waals surface area contributed by atoms with E-state index in [0.717, 1.165) is 25.7 Å². The number of thioether (sulfide) groups is 1. The molecule has 0 amide bonds. The first-order chi connectivity index (χ1) is 11.1. The molecule has 0 aromatic heterocycles. The van der Waals surface area contributed by atoms with Crippen molar-refractivity contribution >= 4 is 23.4 Å². The molecule has 23 heavy (non-hydrogen) atoms. The van der Waals surface area contributed by atoms with Crippen molar-refractivity contribution in [2.75, 3.05) is 12.4 Å². The molecule has 0 saturated heterocycles. The first kappa shape index (κ1) is 19.5. The Bertz CT molecular complexity index is 507. The molecule has 0 fully saturated rings. The van der Waals surface area contributed by atoms with Crippen molar-refractivity contribution in [1.29, 1.82) is 0 Å². The fraction of sp³-hybridized carbons (Fsp3) is 0.588. The molecule has 0 saturated carbocycles. The van der Waals surface area contributed by atoms with E-state index in [9.17, 15) is 14.9 Å². The molecular weight excluding hydrogens is 314 g/mol. The Balaban J connectivity index is 2.33. The maximum atomic E-state index is 11.8. The first-order valence-corrected chi connectivity index (χ1v) is 9.19. The monoisotopic (exact) mass is 339 g/mol. The molecule has 0 aliphatic rings. The third-order valence-electron chi connectivity index (χ3n) is 3.69. The van der Waals surface area contributed by atoms with E-state index in [0.29, 0.717) is 23.8 Å². The summed E-state index contributed by atoms with van der Waals surface area (Å²) in [5.41, 5.74) is 0.726. The maximum Gasteiger partial charge on any atom is 0.315 e. The lowest BCUT2D eigenvalue weighted by molar-refractivity contribution is -0.385. The van der Waals surface area contributed by atoms with Gasteiger partial charge in [-0.25, -0.2) is 0 Å². The zero-order valence-electron chi connectivity index (χ0n) is 13.8. The van der Waals surface area contributed by atoms with E-state index in [1.54, 1.807) is 18.2 Å². The Labute approximate surface area is 141 Å². The van der Waals surface area contributed by atoms with E-state index in [1.165, 1.54) is 17.8 Å². The van der Waals surface area contributed by atoms with Crippen LogP contribution in [0.5, 0.6) is 0 Å². The van der Waals surface area contributed by atoms with Crippen LogP contribution in [0.3, 0.4) is 0 Å². The summed E-state index contributed by atoms with van der Waals surface area (Å²) in [5.74, 6) is 0.831. The van der Waals surface area contributed by atoms with Gasteiger partial charge in [0.1, 0.15) is 0 Å². The molecule has 0 bridgehead atoms. The molecular formula is C17H25NO4S. The number of esters is 1. The number of benzene rings is 1. The number of carbonyl (C=O) groups excluding carboxylic acids is 1. The van der Waals surface area contributed by atoms with Gasteiger partial charge in [0.2, 0.25) is 0 Å². The number of nitrogens with zero attached hydrogens (tertiary/aromatic N) is 1. The van der Waals surface area contributed by atoms with Gasteiger partial charge in [0.15, 0.2) is 0 Å². The second-order valence-electron chi connectivity index (χ2n) is 5.48. The van der Waals surface area contributed by atoms with Crippen molar-refractivity contribution in [1.82, 2.24) is 0 Å². The molecule has 0 radical (unpaired) electrons. The Morgan fingerprint density at radius 2 is 2.09 bits per heavy atom. The van der Waals surface area contributed by atoms with Gasteiger partial charge in [-0.2, -0.15) is 0 Å². The van der Waals surface area contributed by atoms with E-state index < -0.39 is 4.92 Å². The zero-order chi connectivity index (χ0) is 17.1. The summed E-state index contributed by atoms with van der Waals surface area (Å²) >= 11 is 1.34. The standard InChI is InChI=1S/C17H25NO4S/c1-3-5-8-14(4-2)11-22-17(19)13-23-12-15-9-6-7-10-16(15)18(20)21/h6-7,9-10,14H,3-5,8,11-13H2,1-2H3. The second-order valence-corrected chi connectivity index (χ2v) is 6.46. The molecule has 1 rings (SSSR count). The number of ether oxygens (including phenoxy) is 1. The lowest BCUT2D eigenvalue weighted by Crippen LogP contribution is -2.15. The van der Waals surface area contributed by atoms with Gasteiger partial charge in [-0.1, -0.05) is 51.3 Å². The average Bonchev–Trinajstić information content (AvgIpc) is 2.55. The van der Waals surface area contributed by atoms with Crippen molar-refractivity contribution in [2.45, 2.75) is 45.3 Å². The van der Waals surface area contributed by atoms with Gasteiger partial charge in [-0.3, -0.25) is 14.9 Å². The molecule has 6 heteroatoms. The molecule has 128 valence electrons. The number of carbonyl (C=O) groups is 1. The van der Waals surface area contributed by atoms with Gasteiger partial charge in [0.05, 0.1) is 17.3 Å². The predicted molar refractivity (Wildman–Crippen MR) is 93.5 cm³/mol. The molecule has 0 spiro atoms. The fourth-order valence-electron chi connectivity index (χ4n) is 2.21. The van der Waals surface area contributed by atoms with Crippen molar-refractivity contribution in [2.24, 2.45) is 5.92 Å². The van der Waals surface area contributed by atoms with Crippen molar-refractivity contribution in [3.63, 3.8) is 0 Å². The van der Waals surface area contributed by atoms with Crippen LogP contribution in [0.1, 0.15) is 45.1 Å². The third-order valence-corrected chi connectivity index (χ3v) is 4.64. The summed E-state index contributed by atoms with van der Waals surface area (Å²) in [6.07, 6.45) is 4.40. The summed E-state index contributed by atoms with van der Waals surface area (Å²) in [7, 11) is 0. The van der Waals surface area contributed by atoms with Crippen LogP contribution in [0.2, 0.25) is 0 Å². The number of nitro benzene ring substituents is 1. The largest absolute Gasteiger partial charge is 0.465 e. The number of hydrogen-bond donors (Lipinski definition) is 0. The Morgan fingerprint density at radius 3 is 2.74 bits per heavy atom. The van der Waals surface area contributed by atoms with Gasteiger partial charge in [-0.15, -0.1) is 11.8 Å². The highest BCUT2D eigenvalue weighted by Gasteiger charge is 2.14. The number of nitro groups is 1. The molecule has 1 unspecified atom stereocenters. The summed E-state index contributed by atoms with van der Waals surface area (Å²) in [6.45, 7) is 4.73. The van der Waals surface area contributed by atoms with Gasteiger partial charge >= 0.3 is 5.97 Å². The summed E-state index contributed by atoms with van der Waals surface area (Å²) in [6, 6.07) is 6.60. The SMILES string of the molecule is CCCCC(CC)COC(=O)CSCc1ccccc1[N+](=O)[O-]. The van der Waals surface area contributed by atoms with Crippen LogP contribution in [0.4, 0.5) is 5.69 Å². The van der Waals surface area contributed by atoms with Crippen LogP contribution < -0.4 is 0 Å². The minimum absolute atomic E-state index is 0.0963. The molecule has 0 aliphatic carbocycles. The number of hydrogen-bond acceptors (Lipinski definition) is 5. The van der Waals surface area contributed by atoms with Gasteiger partial charge < -0.3 is 4.74 Å². The van der Waals surface area contributed by atoms with Crippen LogP contribution in [0.15, 0.2) is 24.3 Å². The van der Waals surface area contributed by atoms with E-state index in [4.69, 9.17) is 4.74 Å². The van der Waals surface area contributed by atoms with E-state index in [2.05, 4.69) is 13.8 Å². The van der Waals surface area contributed by atoms with Crippen LogP contribution >= 0.6 is 11.8 Å². The minimum Gasteiger partial charge on any atom is -0.465 e. The Morgan fingerprint density at radius 1 is 1.35 bits per heavy atom. The van der Waals surface area contributed by atoms with E-state index >= 15 is 0 Å². The first-order valence-electron chi connectivity index (χ1n) is 8.04. The zero-order valence-corrected chi connectivity index (χ0v) is 14.6. The molecule has 1 atom stereocenters. The van der Waals surface area contributed by atoms with Crippen LogP contribution in [0, 0.1) is 16.0 Å². The lowest BCUT2D eigenvalue weighted by atomic mass is 10.0. The molecule has 5 nitrogen and oxygen atoms in total. The topological polar surface area (TPSA) is 69.4 Å². The summed E-state index contributed by atoms with van der Waals surface area (Å²) in [4.78, 5) is 22.3. The van der Waals surface area contributed by atoms with Gasteiger partial charge in [-0.05, 0) is 12.3 Å². The number of para-hydroxylation sites is 1. The molecule has 0 heterocycles. The van der Waals surface area contributed by atoms with Crippen molar-refractivity contribution in [3.05, 3.63) is 39.9 Å². The molecule has 1 aromatic rings. The smallest absolute Gasteiger partial charge is 0.315 e. The number of unbranched alkanes of at least 4 members (excludes halogenated alkanes) is 1. The Kier molecular flexibility index (Phi) is 9.36. The number of rotatable bonds is 11. The van der Waals surface area contributed by atoms with Crippen molar-refractivity contribution < 1.29 is 14.5 Å². The highest BCUT2D eigenvalue weighted by molar-refractivity contribution is 7.99. The van der Waals surface area contributed by atoms with Gasteiger partial charge in [0.25, 0.3) is 5.69 Å². The average molecular weight is 339 g/mol. The highest BCUT2D eigenvalue weighted by atomic mass is 32.2. The quantitative estimate of drug-likeness (QED) is 0.335. The maximum absolute atomic E-state index is 11.8. The van der Waals surface area contributed by atoms with Crippen LogP contribution in [-0.4, -0.2) is 23.3 Å². The lowest BCUT2D eigenvalue weighted by Gasteiger charge is -2.14. The predicted octanol–water partition coefficient (Wildman–Crippen LogP) is 4.59. The van der Waals surface area contributed by atoms with Gasteiger partial charge in [0, 0.05) is 17.4 Å². The van der Waals surface area contributed by atoms with Crippen LogP contribution in [0.25, 0.3) is 0 Å². The summed E-state index contributed by atoms with van der Waals surface area (Å²) < 4.78 is 5.31. The third kappa shape index (κ3) is 7.50. The van der Waals surface area contributed by atoms with E-state index in [-0.39, 0.29) is 17.4 Å². The Hall–Kier alpha value is -1.56. The molecule has 1 aromatic carbocycles. The van der Waals surface area contributed by atoms with Crippen LogP contribution in [-0.2, 0) is 15.3 Å². The van der Waals surface area contributed by atoms with Crippen molar-refractivity contribution in [3.8, 4) is 0 Å². The molecule has 0 N–H and O–H groups in total. The normalized spacial score (nSPS) is 11.9. The highest BCUT2D eigenvalue weighted by Crippen LogP contribution is 2.23. The second kappa shape index (κ2) is 11.0. The fourth-order valence-corrected chi connectivity index (χ4v) is 3.02.